The number of likely N-dealkylation sites (tertiary alicyclic amines) is 1. The summed E-state index contributed by atoms with van der Waals surface area (Å²) in [6, 6.07) is 9.51. The Labute approximate surface area is 172 Å². The van der Waals surface area contributed by atoms with Gasteiger partial charge in [-0.2, -0.15) is 18.3 Å². The van der Waals surface area contributed by atoms with Crippen molar-refractivity contribution in [3.63, 3.8) is 0 Å². The van der Waals surface area contributed by atoms with E-state index in [1.165, 1.54) is 12.1 Å². The summed E-state index contributed by atoms with van der Waals surface area (Å²) in [7, 11) is 0. The molecule has 4 nitrogen and oxygen atoms in total. The molecule has 3 aromatic rings. The Balaban J connectivity index is 1.53. The molecule has 0 N–H and O–H groups in total. The number of hydrogen-bond acceptors (Lipinski definition) is 3. The Bertz CT molecular complexity index is 1030. The molecule has 8 heteroatoms. The monoisotopic (exact) mass is 420 g/mol. The highest BCUT2D eigenvalue weighted by Crippen LogP contribution is 2.33. The smallest absolute Gasteiger partial charge is 0.300 e. The molecule has 0 aliphatic carbocycles. The van der Waals surface area contributed by atoms with Gasteiger partial charge in [-0.25, -0.2) is 13.9 Å². The molecule has 1 aromatic carbocycles. The van der Waals surface area contributed by atoms with Gasteiger partial charge < -0.3 is 0 Å². The zero-order valence-corrected chi connectivity index (χ0v) is 17.0. The molecule has 30 heavy (non-hydrogen) atoms. The van der Waals surface area contributed by atoms with Crippen LogP contribution in [0.1, 0.15) is 48.8 Å². The number of alkyl halides is 3. The predicted octanol–water partition coefficient (Wildman–Crippen LogP) is 4.87. The normalized spacial score (nSPS) is 18.9. The predicted molar refractivity (Wildman–Crippen MR) is 106 cm³/mol. The molecule has 1 aliphatic rings. The van der Waals surface area contributed by atoms with E-state index in [2.05, 4.69) is 21.9 Å². The standard InChI is InChI=1S/C22H24F4N4/c1-3-18-11-20(22(24,25)26)30-21(27-18)12-19(28-30)16-8-9-29(13-16)14(2)10-15-4-6-17(23)7-5-15/h4-7,11-12,14,16H,3,8-10,13H2,1-2H3/t14-,16+/m0/s1. The second kappa shape index (κ2) is 7.98. The fourth-order valence-electron chi connectivity index (χ4n) is 4.15. The first-order valence-corrected chi connectivity index (χ1v) is 10.2. The quantitative estimate of drug-likeness (QED) is 0.552. The second-order valence-electron chi connectivity index (χ2n) is 7.98. The van der Waals surface area contributed by atoms with E-state index in [4.69, 9.17) is 0 Å². The molecule has 160 valence electrons. The van der Waals surface area contributed by atoms with Crippen molar-refractivity contribution in [2.24, 2.45) is 0 Å². The summed E-state index contributed by atoms with van der Waals surface area (Å²) in [5.74, 6) is -0.189. The van der Waals surface area contributed by atoms with Gasteiger partial charge in [0.1, 0.15) is 11.5 Å². The number of rotatable bonds is 5. The summed E-state index contributed by atoms with van der Waals surface area (Å²) >= 11 is 0. The molecule has 4 rings (SSSR count). The van der Waals surface area contributed by atoms with E-state index in [9.17, 15) is 17.6 Å². The first-order valence-electron chi connectivity index (χ1n) is 10.2. The van der Waals surface area contributed by atoms with Gasteiger partial charge in [0, 0.05) is 30.3 Å². The maximum atomic E-state index is 13.5. The number of nitrogens with zero attached hydrogens (tertiary/aromatic N) is 4. The summed E-state index contributed by atoms with van der Waals surface area (Å²) in [5, 5.41) is 4.29. The summed E-state index contributed by atoms with van der Waals surface area (Å²) in [6.07, 6.45) is -2.44. The molecule has 1 aliphatic heterocycles. The van der Waals surface area contributed by atoms with Gasteiger partial charge in [-0.15, -0.1) is 0 Å². The summed E-state index contributed by atoms with van der Waals surface area (Å²) in [5.41, 5.74) is 1.58. The highest BCUT2D eigenvalue weighted by molar-refractivity contribution is 5.43. The topological polar surface area (TPSA) is 33.4 Å². The molecule has 2 atom stereocenters. The van der Waals surface area contributed by atoms with Gasteiger partial charge in [0.05, 0.1) is 5.69 Å². The van der Waals surface area contributed by atoms with Crippen LogP contribution in [0.2, 0.25) is 0 Å². The third kappa shape index (κ3) is 4.19. The number of fused-ring (bicyclic) bond motifs is 1. The van der Waals surface area contributed by atoms with Crippen molar-refractivity contribution in [3.8, 4) is 0 Å². The lowest BCUT2D eigenvalue weighted by Crippen LogP contribution is -2.32. The number of hydrogen-bond donors (Lipinski definition) is 0. The van der Waals surface area contributed by atoms with Crippen LogP contribution in [0, 0.1) is 5.82 Å². The average Bonchev–Trinajstić information content (AvgIpc) is 3.35. The Kier molecular flexibility index (Phi) is 5.53. The Morgan fingerprint density at radius 1 is 1.17 bits per heavy atom. The Hall–Kier alpha value is -2.48. The van der Waals surface area contributed by atoms with Crippen LogP contribution in [0.25, 0.3) is 5.65 Å². The molecule has 0 saturated carbocycles. The third-order valence-electron chi connectivity index (χ3n) is 5.86. The van der Waals surface area contributed by atoms with Crippen molar-refractivity contribution < 1.29 is 17.6 Å². The highest BCUT2D eigenvalue weighted by atomic mass is 19.4. The van der Waals surface area contributed by atoms with E-state index in [0.29, 0.717) is 17.8 Å². The SMILES string of the molecule is CCc1cc(C(F)(F)F)n2nc([C@@H]3CCN([C@@H](C)Cc4ccc(F)cc4)C3)cc2n1. The van der Waals surface area contributed by atoms with Crippen LogP contribution in [-0.4, -0.2) is 38.6 Å². The average molecular weight is 420 g/mol. The molecular weight excluding hydrogens is 396 g/mol. The minimum atomic E-state index is -4.49. The van der Waals surface area contributed by atoms with Gasteiger partial charge in [-0.05, 0) is 56.5 Å². The molecule has 0 amide bonds. The van der Waals surface area contributed by atoms with Crippen LogP contribution in [-0.2, 0) is 19.0 Å². The van der Waals surface area contributed by atoms with Gasteiger partial charge in [-0.3, -0.25) is 4.90 Å². The Morgan fingerprint density at radius 2 is 1.90 bits per heavy atom. The van der Waals surface area contributed by atoms with Crippen molar-refractivity contribution in [2.45, 2.75) is 51.2 Å². The van der Waals surface area contributed by atoms with E-state index in [1.807, 2.05) is 0 Å². The molecule has 0 bridgehead atoms. The summed E-state index contributed by atoms with van der Waals surface area (Å²) < 4.78 is 54.5. The van der Waals surface area contributed by atoms with E-state index in [1.54, 1.807) is 25.1 Å². The molecule has 1 fully saturated rings. The molecule has 0 unspecified atom stereocenters. The largest absolute Gasteiger partial charge is 0.433 e. The third-order valence-corrected chi connectivity index (χ3v) is 5.86. The summed E-state index contributed by atoms with van der Waals surface area (Å²) in [6.45, 7) is 5.48. The van der Waals surface area contributed by atoms with Crippen LogP contribution in [0.15, 0.2) is 36.4 Å². The van der Waals surface area contributed by atoms with E-state index in [-0.39, 0.29) is 23.4 Å². The van der Waals surface area contributed by atoms with Gasteiger partial charge >= 0.3 is 6.18 Å². The number of benzene rings is 1. The fraction of sp³-hybridized carbons (Fsp3) is 0.455. The zero-order chi connectivity index (χ0) is 21.5. The van der Waals surface area contributed by atoms with Crippen molar-refractivity contribution in [1.29, 1.82) is 0 Å². The first kappa shape index (κ1) is 20.8. The molecular formula is C22H24F4N4. The van der Waals surface area contributed by atoms with Crippen molar-refractivity contribution in [3.05, 3.63) is 64.9 Å². The molecule has 1 saturated heterocycles. The van der Waals surface area contributed by atoms with Gasteiger partial charge in [0.15, 0.2) is 5.65 Å². The van der Waals surface area contributed by atoms with Crippen molar-refractivity contribution in [2.75, 3.05) is 13.1 Å². The van der Waals surface area contributed by atoms with Crippen LogP contribution >= 0.6 is 0 Å². The second-order valence-corrected chi connectivity index (χ2v) is 7.98. The van der Waals surface area contributed by atoms with Crippen molar-refractivity contribution >= 4 is 5.65 Å². The van der Waals surface area contributed by atoms with E-state index < -0.39 is 11.9 Å². The molecule has 3 heterocycles. The molecule has 0 spiro atoms. The number of aromatic nitrogens is 3. The minimum Gasteiger partial charge on any atom is -0.300 e. The fourth-order valence-corrected chi connectivity index (χ4v) is 4.15. The maximum Gasteiger partial charge on any atom is 0.433 e. The zero-order valence-electron chi connectivity index (χ0n) is 17.0. The van der Waals surface area contributed by atoms with Crippen molar-refractivity contribution in [1.82, 2.24) is 19.5 Å². The summed E-state index contributed by atoms with van der Waals surface area (Å²) in [4.78, 5) is 6.65. The van der Waals surface area contributed by atoms with Gasteiger partial charge in [-0.1, -0.05) is 19.1 Å². The van der Waals surface area contributed by atoms with Crippen LogP contribution < -0.4 is 0 Å². The lowest BCUT2D eigenvalue weighted by atomic mass is 10.0. The lowest BCUT2D eigenvalue weighted by molar-refractivity contribution is -0.142. The maximum absolute atomic E-state index is 13.5. The highest BCUT2D eigenvalue weighted by Gasteiger charge is 2.36. The minimum absolute atomic E-state index is 0.0635. The van der Waals surface area contributed by atoms with Crippen LogP contribution in [0.5, 0.6) is 0 Å². The Morgan fingerprint density at radius 3 is 2.57 bits per heavy atom. The molecule has 2 aromatic heterocycles. The molecule has 0 radical (unpaired) electrons. The lowest BCUT2D eigenvalue weighted by Gasteiger charge is -2.24. The first-order chi connectivity index (χ1) is 14.2. The van der Waals surface area contributed by atoms with Gasteiger partial charge in [0.2, 0.25) is 0 Å². The van der Waals surface area contributed by atoms with Crippen LogP contribution in [0.3, 0.4) is 0 Å². The van der Waals surface area contributed by atoms with E-state index in [0.717, 1.165) is 42.1 Å². The van der Waals surface area contributed by atoms with Gasteiger partial charge in [0.25, 0.3) is 0 Å². The van der Waals surface area contributed by atoms with Crippen LogP contribution in [0.4, 0.5) is 17.6 Å². The van der Waals surface area contributed by atoms with E-state index >= 15 is 0 Å². The number of aryl methyl sites for hydroxylation is 1. The number of halogens is 4.